The molecule has 0 aliphatic rings. The number of amides is 1. The zero-order valence-electron chi connectivity index (χ0n) is 8.40. The van der Waals surface area contributed by atoms with Crippen LogP contribution in [0.15, 0.2) is 36.5 Å². The molecule has 0 spiro atoms. The van der Waals surface area contributed by atoms with Crippen LogP contribution >= 0.6 is 11.6 Å². The molecule has 16 heavy (non-hydrogen) atoms. The lowest BCUT2D eigenvalue weighted by atomic mass is 10.2. The molecular weight excluding hydrogens is 226 g/mol. The van der Waals surface area contributed by atoms with E-state index in [2.05, 4.69) is 15.5 Å². The Morgan fingerprint density at radius 3 is 2.69 bits per heavy atom. The van der Waals surface area contributed by atoms with Gasteiger partial charge in [-0.15, -0.1) is 0 Å². The van der Waals surface area contributed by atoms with Gasteiger partial charge >= 0.3 is 0 Å². The van der Waals surface area contributed by atoms with Gasteiger partial charge in [-0.1, -0.05) is 11.6 Å². The predicted molar refractivity (Wildman–Crippen MR) is 61.2 cm³/mol. The van der Waals surface area contributed by atoms with E-state index in [9.17, 15) is 4.79 Å². The van der Waals surface area contributed by atoms with Gasteiger partial charge in [-0.3, -0.25) is 9.89 Å². The lowest BCUT2D eigenvalue weighted by molar-refractivity contribution is 0.0950. The Labute approximate surface area is 97.6 Å². The molecule has 2 N–H and O–H groups in total. The zero-order chi connectivity index (χ0) is 11.4. The van der Waals surface area contributed by atoms with Crippen LogP contribution in [0.5, 0.6) is 0 Å². The summed E-state index contributed by atoms with van der Waals surface area (Å²) in [6.07, 6.45) is 1.64. The molecule has 5 heteroatoms. The van der Waals surface area contributed by atoms with Crippen molar-refractivity contribution in [3.8, 4) is 0 Å². The third-order valence-electron chi connectivity index (χ3n) is 2.10. The molecule has 1 amide bonds. The third kappa shape index (κ3) is 2.61. The average molecular weight is 236 g/mol. The first-order valence-corrected chi connectivity index (χ1v) is 5.15. The van der Waals surface area contributed by atoms with Gasteiger partial charge in [0.2, 0.25) is 0 Å². The van der Waals surface area contributed by atoms with Crippen molar-refractivity contribution >= 4 is 17.5 Å². The summed E-state index contributed by atoms with van der Waals surface area (Å²) in [4.78, 5) is 11.7. The van der Waals surface area contributed by atoms with Crippen LogP contribution in [0.2, 0.25) is 5.02 Å². The van der Waals surface area contributed by atoms with Crippen LogP contribution in [0.3, 0.4) is 0 Å². The summed E-state index contributed by atoms with van der Waals surface area (Å²) in [7, 11) is 0. The van der Waals surface area contributed by atoms with Crippen molar-refractivity contribution in [2.24, 2.45) is 0 Å². The number of nitrogens with one attached hydrogen (secondary N) is 2. The number of halogens is 1. The molecule has 82 valence electrons. The van der Waals surface area contributed by atoms with Crippen molar-refractivity contribution < 1.29 is 4.79 Å². The predicted octanol–water partition coefficient (Wildman–Crippen LogP) is 1.99. The largest absolute Gasteiger partial charge is 0.346 e. The zero-order valence-corrected chi connectivity index (χ0v) is 9.16. The van der Waals surface area contributed by atoms with E-state index in [0.717, 1.165) is 5.69 Å². The average Bonchev–Trinajstić information content (AvgIpc) is 2.80. The molecule has 1 aromatic heterocycles. The Morgan fingerprint density at radius 1 is 1.31 bits per heavy atom. The van der Waals surface area contributed by atoms with Crippen LogP contribution in [0.1, 0.15) is 16.1 Å². The van der Waals surface area contributed by atoms with E-state index in [4.69, 9.17) is 11.6 Å². The van der Waals surface area contributed by atoms with E-state index in [1.54, 1.807) is 30.5 Å². The van der Waals surface area contributed by atoms with Gasteiger partial charge in [0.1, 0.15) is 0 Å². The maximum Gasteiger partial charge on any atom is 0.251 e. The first-order chi connectivity index (χ1) is 7.75. The highest BCUT2D eigenvalue weighted by molar-refractivity contribution is 6.30. The summed E-state index contributed by atoms with van der Waals surface area (Å²) in [5.41, 5.74) is 1.45. The second-order valence-corrected chi connectivity index (χ2v) is 3.71. The summed E-state index contributed by atoms with van der Waals surface area (Å²) in [6, 6.07) is 8.55. The number of hydrogen-bond acceptors (Lipinski definition) is 2. The van der Waals surface area contributed by atoms with Gasteiger partial charge in [0, 0.05) is 16.8 Å². The Morgan fingerprint density at radius 2 is 2.06 bits per heavy atom. The molecule has 4 nitrogen and oxygen atoms in total. The molecule has 0 aliphatic heterocycles. The van der Waals surface area contributed by atoms with Crippen molar-refractivity contribution in [1.82, 2.24) is 15.5 Å². The van der Waals surface area contributed by atoms with Crippen LogP contribution in [0, 0.1) is 0 Å². The summed E-state index contributed by atoms with van der Waals surface area (Å²) >= 11 is 5.73. The van der Waals surface area contributed by atoms with E-state index < -0.39 is 0 Å². The second-order valence-electron chi connectivity index (χ2n) is 3.27. The molecule has 0 unspecified atom stereocenters. The fraction of sp³-hybridized carbons (Fsp3) is 0.0909. The molecule has 0 bridgehead atoms. The van der Waals surface area contributed by atoms with E-state index in [-0.39, 0.29) is 5.91 Å². The van der Waals surface area contributed by atoms with Gasteiger partial charge in [0.25, 0.3) is 5.91 Å². The number of nitrogens with zero attached hydrogens (tertiary/aromatic N) is 1. The van der Waals surface area contributed by atoms with Gasteiger partial charge in [-0.05, 0) is 30.3 Å². The van der Waals surface area contributed by atoms with Crippen LogP contribution in [-0.4, -0.2) is 16.1 Å². The van der Waals surface area contributed by atoms with E-state index in [1.807, 2.05) is 6.07 Å². The molecule has 1 aromatic carbocycles. The number of hydrogen-bond donors (Lipinski definition) is 2. The third-order valence-corrected chi connectivity index (χ3v) is 2.36. The normalized spacial score (nSPS) is 10.1. The molecule has 0 saturated carbocycles. The van der Waals surface area contributed by atoms with Crippen LogP contribution < -0.4 is 5.32 Å². The fourth-order valence-electron chi connectivity index (χ4n) is 1.26. The molecule has 0 fully saturated rings. The van der Waals surface area contributed by atoms with E-state index in [1.165, 1.54) is 0 Å². The van der Waals surface area contributed by atoms with Crippen molar-refractivity contribution in [1.29, 1.82) is 0 Å². The van der Waals surface area contributed by atoms with Gasteiger partial charge in [-0.25, -0.2) is 0 Å². The van der Waals surface area contributed by atoms with Crippen molar-refractivity contribution in [2.75, 3.05) is 0 Å². The van der Waals surface area contributed by atoms with Crippen molar-refractivity contribution in [2.45, 2.75) is 6.54 Å². The smallest absolute Gasteiger partial charge is 0.251 e. The molecular formula is C11H10ClN3O. The molecule has 0 atom stereocenters. The van der Waals surface area contributed by atoms with Gasteiger partial charge in [0.15, 0.2) is 0 Å². The molecule has 0 aliphatic carbocycles. The summed E-state index contributed by atoms with van der Waals surface area (Å²) in [6.45, 7) is 0.432. The monoisotopic (exact) mass is 235 g/mol. The topological polar surface area (TPSA) is 57.8 Å². The number of rotatable bonds is 3. The first kappa shape index (κ1) is 10.7. The van der Waals surface area contributed by atoms with Crippen molar-refractivity contribution in [3.63, 3.8) is 0 Å². The summed E-state index contributed by atoms with van der Waals surface area (Å²) in [5, 5.41) is 9.94. The Balaban J connectivity index is 1.95. The summed E-state index contributed by atoms with van der Waals surface area (Å²) in [5.74, 6) is -0.133. The van der Waals surface area contributed by atoms with Crippen molar-refractivity contribution in [3.05, 3.63) is 52.8 Å². The minimum absolute atomic E-state index is 0.133. The Hall–Kier alpha value is -1.81. The number of carbonyl (C=O) groups is 1. The summed E-state index contributed by atoms with van der Waals surface area (Å²) < 4.78 is 0. The molecule has 2 rings (SSSR count). The second kappa shape index (κ2) is 4.81. The Bertz CT molecular complexity index is 464. The lowest BCUT2D eigenvalue weighted by Crippen LogP contribution is -2.22. The van der Waals surface area contributed by atoms with Crippen LogP contribution in [0.4, 0.5) is 0 Å². The maximum atomic E-state index is 11.7. The number of carbonyl (C=O) groups excluding carboxylic acids is 1. The number of aromatic amines is 1. The quantitative estimate of drug-likeness (QED) is 0.855. The van der Waals surface area contributed by atoms with Gasteiger partial charge < -0.3 is 5.32 Å². The minimum Gasteiger partial charge on any atom is -0.346 e. The minimum atomic E-state index is -0.133. The highest BCUT2D eigenvalue weighted by Crippen LogP contribution is 2.09. The number of H-pyrrole nitrogens is 1. The first-order valence-electron chi connectivity index (χ1n) is 4.78. The molecule has 1 heterocycles. The van der Waals surface area contributed by atoms with Crippen LogP contribution in [-0.2, 0) is 6.54 Å². The fourth-order valence-corrected chi connectivity index (χ4v) is 1.39. The molecule has 0 saturated heterocycles. The SMILES string of the molecule is O=C(NCc1ccn[nH]1)c1ccc(Cl)cc1. The maximum absolute atomic E-state index is 11.7. The highest BCUT2D eigenvalue weighted by atomic mass is 35.5. The van der Waals surface area contributed by atoms with E-state index >= 15 is 0 Å². The van der Waals surface area contributed by atoms with Gasteiger partial charge in [0.05, 0.1) is 12.2 Å². The van der Waals surface area contributed by atoms with Gasteiger partial charge in [-0.2, -0.15) is 5.10 Å². The molecule has 2 aromatic rings. The number of benzene rings is 1. The molecule has 0 radical (unpaired) electrons. The lowest BCUT2D eigenvalue weighted by Gasteiger charge is -2.03. The number of aromatic nitrogens is 2. The Kier molecular flexibility index (Phi) is 3.22. The highest BCUT2D eigenvalue weighted by Gasteiger charge is 2.04. The standard InChI is InChI=1S/C11H10ClN3O/c12-9-3-1-8(2-4-9)11(16)13-7-10-5-6-14-15-10/h1-6H,7H2,(H,13,16)(H,14,15). The van der Waals surface area contributed by atoms with Crippen LogP contribution in [0.25, 0.3) is 0 Å². The van der Waals surface area contributed by atoms with E-state index in [0.29, 0.717) is 17.1 Å².